The van der Waals surface area contributed by atoms with Crippen LogP contribution in [-0.4, -0.2) is 11.9 Å². The Balaban J connectivity index is 1.91. The van der Waals surface area contributed by atoms with Gasteiger partial charge in [-0.05, 0) is 41.7 Å². The molecule has 3 heteroatoms. The van der Waals surface area contributed by atoms with Crippen LogP contribution in [0.1, 0.15) is 28.8 Å². The highest BCUT2D eigenvalue weighted by atomic mass is 16.1. The van der Waals surface area contributed by atoms with E-state index in [1.807, 2.05) is 48.5 Å². The molecule has 0 aromatic heterocycles. The second kappa shape index (κ2) is 5.47. The van der Waals surface area contributed by atoms with E-state index in [1.165, 1.54) is 0 Å². The van der Waals surface area contributed by atoms with Crippen molar-refractivity contribution in [3.8, 4) is 11.1 Å². The summed E-state index contributed by atoms with van der Waals surface area (Å²) < 4.78 is 0. The molecule has 0 atom stereocenters. The predicted molar refractivity (Wildman–Crippen MR) is 80.3 cm³/mol. The summed E-state index contributed by atoms with van der Waals surface area (Å²) in [7, 11) is 0. The quantitative estimate of drug-likeness (QED) is 0.894. The number of hydrogen-bond acceptors (Lipinski definition) is 2. The normalized spacial score (nSPS) is 14.1. The fourth-order valence-corrected chi connectivity index (χ4v) is 2.30. The molecule has 20 heavy (non-hydrogen) atoms. The lowest BCUT2D eigenvalue weighted by Crippen LogP contribution is -2.25. The minimum Gasteiger partial charge on any atom is -0.349 e. The molecule has 0 saturated heterocycles. The van der Waals surface area contributed by atoms with Crippen molar-refractivity contribution in [2.24, 2.45) is 5.73 Å². The minimum atomic E-state index is 0.0135. The average Bonchev–Trinajstić information content (AvgIpc) is 3.31. The van der Waals surface area contributed by atoms with Crippen LogP contribution in [0.3, 0.4) is 0 Å². The van der Waals surface area contributed by atoms with Gasteiger partial charge in [0.05, 0.1) is 0 Å². The molecule has 3 rings (SSSR count). The third-order valence-corrected chi connectivity index (χ3v) is 3.59. The average molecular weight is 266 g/mol. The number of hydrogen-bond donors (Lipinski definition) is 2. The van der Waals surface area contributed by atoms with Gasteiger partial charge in [-0.1, -0.05) is 36.4 Å². The predicted octanol–water partition coefficient (Wildman–Crippen LogP) is 2.70. The van der Waals surface area contributed by atoms with Gasteiger partial charge in [-0.3, -0.25) is 4.79 Å². The first-order valence-electron chi connectivity index (χ1n) is 6.97. The molecule has 1 saturated carbocycles. The van der Waals surface area contributed by atoms with E-state index in [1.54, 1.807) is 0 Å². The van der Waals surface area contributed by atoms with Crippen molar-refractivity contribution >= 4 is 5.91 Å². The maximum Gasteiger partial charge on any atom is 0.251 e. The molecule has 2 aromatic carbocycles. The lowest BCUT2D eigenvalue weighted by Gasteiger charge is -2.09. The molecule has 0 unspecified atom stereocenters. The van der Waals surface area contributed by atoms with E-state index >= 15 is 0 Å². The zero-order valence-electron chi connectivity index (χ0n) is 11.3. The molecular weight excluding hydrogens is 248 g/mol. The van der Waals surface area contributed by atoms with Crippen molar-refractivity contribution in [2.45, 2.75) is 25.4 Å². The second-order valence-electron chi connectivity index (χ2n) is 5.19. The Hall–Kier alpha value is -2.13. The Morgan fingerprint density at radius 2 is 1.95 bits per heavy atom. The molecule has 1 aliphatic carbocycles. The van der Waals surface area contributed by atoms with Crippen LogP contribution in [0.5, 0.6) is 0 Å². The van der Waals surface area contributed by atoms with Crippen LogP contribution >= 0.6 is 0 Å². The van der Waals surface area contributed by atoms with Crippen LogP contribution in [0.4, 0.5) is 0 Å². The molecule has 0 aliphatic heterocycles. The third-order valence-electron chi connectivity index (χ3n) is 3.59. The maximum atomic E-state index is 12.1. The largest absolute Gasteiger partial charge is 0.349 e. The van der Waals surface area contributed by atoms with E-state index < -0.39 is 0 Å². The topological polar surface area (TPSA) is 55.1 Å². The Morgan fingerprint density at radius 1 is 1.15 bits per heavy atom. The van der Waals surface area contributed by atoms with E-state index in [-0.39, 0.29) is 5.91 Å². The lowest BCUT2D eigenvalue weighted by molar-refractivity contribution is 0.0951. The zero-order valence-corrected chi connectivity index (χ0v) is 11.3. The summed E-state index contributed by atoms with van der Waals surface area (Å²) in [5.41, 5.74) is 9.71. The molecule has 102 valence electrons. The Morgan fingerprint density at radius 3 is 2.70 bits per heavy atom. The summed E-state index contributed by atoms with van der Waals surface area (Å²) in [4.78, 5) is 12.1. The zero-order chi connectivity index (χ0) is 13.9. The van der Waals surface area contributed by atoms with E-state index in [0.29, 0.717) is 18.2 Å². The number of benzene rings is 2. The molecule has 1 fully saturated rings. The summed E-state index contributed by atoms with van der Waals surface area (Å²) in [6.07, 6.45) is 2.20. The summed E-state index contributed by atoms with van der Waals surface area (Å²) in [5.74, 6) is 0.0135. The fraction of sp³-hybridized carbons (Fsp3) is 0.235. The Labute approximate surface area is 118 Å². The van der Waals surface area contributed by atoms with Gasteiger partial charge in [0.2, 0.25) is 0 Å². The number of nitrogens with one attached hydrogen (secondary N) is 1. The van der Waals surface area contributed by atoms with E-state index in [4.69, 9.17) is 5.73 Å². The van der Waals surface area contributed by atoms with Crippen molar-refractivity contribution in [2.75, 3.05) is 0 Å². The molecule has 2 aromatic rings. The molecule has 1 aliphatic rings. The number of carbonyl (C=O) groups is 1. The van der Waals surface area contributed by atoms with Gasteiger partial charge in [0, 0.05) is 18.2 Å². The highest BCUT2D eigenvalue weighted by molar-refractivity contribution is 5.95. The van der Waals surface area contributed by atoms with E-state index in [2.05, 4.69) is 5.32 Å². The van der Waals surface area contributed by atoms with Gasteiger partial charge < -0.3 is 11.1 Å². The SMILES string of the molecule is NCc1ccccc1-c1cccc(C(=O)NC2CC2)c1. The van der Waals surface area contributed by atoms with Crippen molar-refractivity contribution in [1.82, 2.24) is 5.32 Å². The van der Waals surface area contributed by atoms with Gasteiger partial charge in [0.25, 0.3) is 5.91 Å². The first kappa shape index (κ1) is 12.9. The molecule has 3 nitrogen and oxygen atoms in total. The minimum absolute atomic E-state index is 0.0135. The van der Waals surface area contributed by atoms with Gasteiger partial charge >= 0.3 is 0 Å². The Kier molecular flexibility index (Phi) is 3.52. The molecule has 0 spiro atoms. The monoisotopic (exact) mass is 266 g/mol. The van der Waals surface area contributed by atoms with Crippen LogP contribution < -0.4 is 11.1 Å². The molecule has 1 amide bonds. The standard InChI is InChI=1S/C17H18N2O/c18-11-14-4-1-2-7-16(14)12-5-3-6-13(10-12)17(20)19-15-8-9-15/h1-7,10,15H,8-9,11,18H2,(H,19,20). The number of nitrogens with two attached hydrogens (primary N) is 1. The summed E-state index contributed by atoms with van der Waals surface area (Å²) in [6, 6.07) is 16.1. The fourth-order valence-electron chi connectivity index (χ4n) is 2.30. The highest BCUT2D eigenvalue weighted by Crippen LogP contribution is 2.25. The van der Waals surface area contributed by atoms with Crippen molar-refractivity contribution in [3.63, 3.8) is 0 Å². The van der Waals surface area contributed by atoms with Crippen LogP contribution in [0.15, 0.2) is 48.5 Å². The first-order chi connectivity index (χ1) is 9.78. The number of rotatable bonds is 4. The van der Waals surface area contributed by atoms with Crippen LogP contribution in [0, 0.1) is 0 Å². The summed E-state index contributed by atoms with van der Waals surface area (Å²) in [6.45, 7) is 0.495. The number of carbonyl (C=O) groups excluding carboxylic acids is 1. The van der Waals surface area contributed by atoms with E-state index in [0.717, 1.165) is 29.5 Å². The first-order valence-corrected chi connectivity index (χ1v) is 6.97. The van der Waals surface area contributed by atoms with Crippen LogP contribution in [0.2, 0.25) is 0 Å². The van der Waals surface area contributed by atoms with Crippen molar-refractivity contribution in [3.05, 3.63) is 59.7 Å². The van der Waals surface area contributed by atoms with Crippen molar-refractivity contribution < 1.29 is 4.79 Å². The third kappa shape index (κ3) is 2.73. The van der Waals surface area contributed by atoms with Gasteiger partial charge in [-0.25, -0.2) is 0 Å². The van der Waals surface area contributed by atoms with Crippen LogP contribution in [-0.2, 0) is 6.54 Å². The second-order valence-corrected chi connectivity index (χ2v) is 5.19. The maximum absolute atomic E-state index is 12.1. The van der Waals surface area contributed by atoms with E-state index in [9.17, 15) is 4.79 Å². The highest BCUT2D eigenvalue weighted by Gasteiger charge is 2.23. The molecule has 0 radical (unpaired) electrons. The van der Waals surface area contributed by atoms with Gasteiger partial charge in [0.15, 0.2) is 0 Å². The molecule has 0 bridgehead atoms. The summed E-state index contributed by atoms with van der Waals surface area (Å²) >= 11 is 0. The summed E-state index contributed by atoms with van der Waals surface area (Å²) in [5, 5.41) is 3.01. The van der Waals surface area contributed by atoms with Gasteiger partial charge in [-0.15, -0.1) is 0 Å². The molecular formula is C17H18N2O. The molecule has 0 heterocycles. The van der Waals surface area contributed by atoms with Crippen LogP contribution in [0.25, 0.3) is 11.1 Å². The molecule has 3 N–H and O–H groups in total. The smallest absolute Gasteiger partial charge is 0.251 e. The number of amides is 1. The van der Waals surface area contributed by atoms with Gasteiger partial charge in [-0.2, -0.15) is 0 Å². The van der Waals surface area contributed by atoms with Gasteiger partial charge in [0.1, 0.15) is 0 Å². The Bertz CT molecular complexity index is 632. The lowest BCUT2D eigenvalue weighted by atomic mass is 9.98. The van der Waals surface area contributed by atoms with Crippen molar-refractivity contribution in [1.29, 1.82) is 0 Å².